The maximum absolute atomic E-state index is 12.3. The molecule has 0 aliphatic carbocycles. The number of rotatable bonds is 2. The van der Waals surface area contributed by atoms with E-state index < -0.39 is 0 Å². The van der Waals surface area contributed by atoms with E-state index in [-0.39, 0.29) is 5.91 Å². The maximum atomic E-state index is 12.3. The molecular weight excluding hydrogens is 327 g/mol. The Hall–Kier alpha value is -0.620. The van der Waals surface area contributed by atoms with Gasteiger partial charge in [-0.2, -0.15) is 0 Å². The van der Waals surface area contributed by atoms with Crippen LogP contribution in [0.4, 0.5) is 0 Å². The molecule has 1 heterocycles. The molecule has 0 saturated carbocycles. The molecule has 4 heteroatoms. The summed E-state index contributed by atoms with van der Waals surface area (Å²) in [5.74, 6) is 0.160. The van der Waals surface area contributed by atoms with Gasteiger partial charge in [-0.05, 0) is 61.3 Å². The van der Waals surface area contributed by atoms with Crippen LogP contribution >= 0.6 is 22.6 Å². The monoisotopic (exact) mass is 344 g/mol. The van der Waals surface area contributed by atoms with Crippen LogP contribution in [0.15, 0.2) is 24.3 Å². The van der Waals surface area contributed by atoms with E-state index in [4.69, 9.17) is 0 Å². The lowest BCUT2D eigenvalue weighted by Gasteiger charge is -2.20. The van der Waals surface area contributed by atoms with E-state index in [0.29, 0.717) is 6.04 Å². The Morgan fingerprint density at radius 1 is 1.47 bits per heavy atom. The van der Waals surface area contributed by atoms with Crippen molar-refractivity contribution in [1.29, 1.82) is 0 Å². The predicted molar refractivity (Wildman–Crippen MR) is 77.2 cm³/mol. The summed E-state index contributed by atoms with van der Waals surface area (Å²) >= 11 is 2.24. The second-order valence-electron chi connectivity index (χ2n) is 4.67. The highest BCUT2D eigenvalue weighted by Crippen LogP contribution is 2.17. The van der Waals surface area contributed by atoms with Crippen LogP contribution in [-0.2, 0) is 0 Å². The fraction of sp³-hybridized carbons (Fsp3) is 0.462. The van der Waals surface area contributed by atoms with E-state index in [2.05, 4.69) is 41.6 Å². The first-order valence-electron chi connectivity index (χ1n) is 5.79. The summed E-state index contributed by atoms with van der Waals surface area (Å²) in [4.78, 5) is 16.4. The molecule has 3 nitrogen and oxygen atoms in total. The lowest BCUT2D eigenvalue weighted by Crippen LogP contribution is -2.34. The normalized spacial score (nSPS) is 20.0. The number of likely N-dealkylation sites (tertiary alicyclic amines) is 1. The van der Waals surface area contributed by atoms with E-state index in [0.717, 1.165) is 28.6 Å². The first-order chi connectivity index (χ1) is 8.08. The number of carbonyl (C=O) groups is 1. The second-order valence-corrected chi connectivity index (χ2v) is 5.91. The Morgan fingerprint density at radius 3 is 2.82 bits per heavy atom. The van der Waals surface area contributed by atoms with Crippen molar-refractivity contribution in [3.63, 3.8) is 0 Å². The smallest absolute Gasteiger partial charge is 0.253 e. The first kappa shape index (κ1) is 12.8. The molecular formula is C13H17IN2O. The Labute approximate surface area is 116 Å². The highest BCUT2D eigenvalue weighted by Gasteiger charge is 2.27. The number of halogens is 1. The molecule has 1 fully saturated rings. The Kier molecular flexibility index (Phi) is 4.04. The molecule has 1 amide bonds. The Bertz CT molecular complexity index is 420. The molecule has 0 bridgehead atoms. The van der Waals surface area contributed by atoms with E-state index in [1.165, 1.54) is 0 Å². The molecule has 1 saturated heterocycles. The average molecular weight is 344 g/mol. The minimum absolute atomic E-state index is 0.160. The number of nitrogens with zero attached hydrogens (tertiary/aromatic N) is 2. The first-order valence-corrected chi connectivity index (χ1v) is 6.87. The zero-order valence-corrected chi connectivity index (χ0v) is 12.3. The topological polar surface area (TPSA) is 23.6 Å². The van der Waals surface area contributed by atoms with Crippen molar-refractivity contribution in [1.82, 2.24) is 9.80 Å². The molecule has 92 valence electrons. The van der Waals surface area contributed by atoms with Gasteiger partial charge in [0.1, 0.15) is 0 Å². The molecule has 0 radical (unpaired) electrons. The van der Waals surface area contributed by atoms with Crippen LogP contribution in [0.25, 0.3) is 0 Å². The molecule has 0 N–H and O–H groups in total. The zero-order chi connectivity index (χ0) is 12.4. The third-order valence-corrected chi connectivity index (χ3v) is 3.92. The van der Waals surface area contributed by atoms with Gasteiger partial charge in [-0.15, -0.1) is 0 Å². The second kappa shape index (κ2) is 5.35. The van der Waals surface area contributed by atoms with Crippen LogP contribution in [0.2, 0.25) is 0 Å². The predicted octanol–water partition coefficient (Wildman–Crippen LogP) is 2.07. The highest BCUT2D eigenvalue weighted by molar-refractivity contribution is 14.1. The van der Waals surface area contributed by atoms with Gasteiger partial charge >= 0.3 is 0 Å². The molecule has 1 atom stereocenters. The molecule has 1 aliphatic heterocycles. The minimum Gasteiger partial charge on any atom is -0.337 e. The maximum Gasteiger partial charge on any atom is 0.253 e. The molecule has 1 aromatic rings. The number of amides is 1. The third-order valence-electron chi connectivity index (χ3n) is 3.25. The summed E-state index contributed by atoms with van der Waals surface area (Å²) in [6.45, 7) is 1.71. The summed E-state index contributed by atoms with van der Waals surface area (Å²) in [7, 11) is 4.15. The molecule has 1 unspecified atom stereocenters. The van der Waals surface area contributed by atoms with Gasteiger partial charge in [-0.3, -0.25) is 4.79 Å². The van der Waals surface area contributed by atoms with Crippen molar-refractivity contribution < 1.29 is 4.79 Å². The van der Waals surface area contributed by atoms with E-state index >= 15 is 0 Å². The van der Waals surface area contributed by atoms with Crippen molar-refractivity contribution in [2.24, 2.45) is 0 Å². The van der Waals surface area contributed by atoms with E-state index in [1.54, 1.807) is 0 Å². The van der Waals surface area contributed by atoms with Crippen LogP contribution in [-0.4, -0.2) is 48.9 Å². The summed E-state index contributed by atoms with van der Waals surface area (Å²) in [6.07, 6.45) is 1.07. The third kappa shape index (κ3) is 2.98. The number of likely N-dealkylation sites (N-methyl/N-ethyl adjacent to an activating group) is 1. The van der Waals surface area contributed by atoms with Crippen molar-refractivity contribution in [2.75, 3.05) is 27.2 Å². The van der Waals surface area contributed by atoms with Gasteiger partial charge in [-0.25, -0.2) is 0 Å². The molecule has 0 aromatic heterocycles. The zero-order valence-electron chi connectivity index (χ0n) is 10.2. The van der Waals surface area contributed by atoms with Crippen LogP contribution in [0.1, 0.15) is 16.8 Å². The van der Waals surface area contributed by atoms with Gasteiger partial charge in [0.05, 0.1) is 0 Å². The highest BCUT2D eigenvalue weighted by atomic mass is 127. The molecule has 17 heavy (non-hydrogen) atoms. The molecule has 1 aromatic carbocycles. The standard InChI is InChI=1S/C13H17IN2O/c1-15(2)12-6-7-16(9-12)13(17)10-4-3-5-11(14)8-10/h3-5,8,12H,6-7,9H2,1-2H3. The molecule has 1 aliphatic rings. The molecule has 2 rings (SSSR count). The summed E-state index contributed by atoms with van der Waals surface area (Å²) in [5.41, 5.74) is 0.802. The minimum atomic E-state index is 0.160. The van der Waals surface area contributed by atoms with Crippen LogP contribution in [0.5, 0.6) is 0 Å². The lowest BCUT2D eigenvalue weighted by atomic mass is 10.2. The number of benzene rings is 1. The Morgan fingerprint density at radius 2 is 2.24 bits per heavy atom. The van der Waals surface area contributed by atoms with Gasteiger partial charge in [-0.1, -0.05) is 6.07 Å². The van der Waals surface area contributed by atoms with Crippen LogP contribution in [0, 0.1) is 3.57 Å². The van der Waals surface area contributed by atoms with Gasteiger partial charge < -0.3 is 9.80 Å². The fourth-order valence-corrected chi connectivity index (χ4v) is 2.69. The van der Waals surface area contributed by atoms with Crippen LogP contribution in [0.3, 0.4) is 0 Å². The quantitative estimate of drug-likeness (QED) is 0.767. The van der Waals surface area contributed by atoms with Crippen molar-refractivity contribution in [3.05, 3.63) is 33.4 Å². The van der Waals surface area contributed by atoms with Crippen molar-refractivity contribution >= 4 is 28.5 Å². The van der Waals surface area contributed by atoms with E-state index in [1.807, 2.05) is 29.2 Å². The summed E-state index contributed by atoms with van der Waals surface area (Å²) in [5, 5.41) is 0. The number of carbonyl (C=O) groups excluding carboxylic acids is 1. The van der Waals surface area contributed by atoms with E-state index in [9.17, 15) is 4.79 Å². The number of hydrogen-bond acceptors (Lipinski definition) is 2. The Balaban J connectivity index is 2.07. The van der Waals surface area contributed by atoms with Gasteiger partial charge in [0.25, 0.3) is 5.91 Å². The summed E-state index contributed by atoms with van der Waals surface area (Å²) < 4.78 is 1.11. The van der Waals surface area contributed by atoms with Gasteiger partial charge in [0.15, 0.2) is 0 Å². The van der Waals surface area contributed by atoms with Crippen molar-refractivity contribution in [2.45, 2.75) is 12.5 Å². The lowest BCUT2D eigenvalue weighted by molar-refractivity contribution is 0.0783. The average Bonchev–Trinajstić information content (AvgIpc) is 2.77. The summed E-state index contributed by atoms with van der Waals surface area (Å²) in [6, 6.07) is 8.29. The largest absolute Gasteiger partial charge is 0.337 e. The fourth-order valence-electron chi connectivity index (χ4n) is 2.15. The number of hydrogen-bond donors (Lipinski definition) is 0. The SMILES string of the molecule is CN(C)C1CCN(C(=O)c2cccc(I)c2)C1. The molecule has 0 spiro atoms. The van der Waals surface area contributed by atoms with Gasteiger partial charge in [0, 0.05) is 28.3 Å². The van der Waals surface area contributed by atoms with Crippen LogP contribution < -0.4 is 0 Å². The van der Waals surface area contributed by atoms with Crippen molar-refractivity contribution in [3.8, 4) is 0 Å². The van der Waals surface area contributed by atoms with Gasteiger partial charge in [0.2, 0.25) is 0 Å².